The van der Waals surface area contributed by atoms with Crippen LogP contribution in [0.25, 0.3) is 32.3 Å². The Hall–Kier alpha value is -2.40. The van der Waals surface area contributed by atoms with Gasteiger partial charge in [-0.2, -0.15) is 0 Å². The third-order valence-electron chi connectivity index (χ3n) is 4.64. The van der Waals surface area contributed by atoms with E-state index in [0.29, 0.717) is 33.2 Å². The SMILES string of the molecule is CCCCS(=O)(=O)c1sc2nc(-c3nccs3)nc(-c3ccc(CO)cc3)c2c1N. The molecule has 0 saturated carbocycles. The molecule has 3 N–H and O–H groups in total. The summed E-state index contributed by atoms with van der Waals surface area (Å²) in [7, 11) is -3.51. The molecule has 0 aliphatic heterocycles. The molecule has 3 aromatic heterocycles. The second kappa shape index (κ2) is 8.38. The zero-order valence-corrected chi connectivity index (χ0v) is 18.6. The van der Waals surface area contributed by atoms with Crippen LogP contribution >= 0.6 is 22.7 Å². The number of hydrogen-bond acceptors (Lipinski definition) is 9. The highest BCUT2D eigenvalue weighted by Crippen LogP contribution is 2.42. The lowest BCUT2D eigenvalue weighted by Crippen LogP contribution is -2.07. The fourth-order valence-electron chi connectivity index (χ4n) is 3.07. The smallest absolute Gasteiger partial charge is 0.190 e. The third-order valence-corrected chi connectivity index (χ3v) is 8.92. The summed E-state index contributed by atoms with van der Waals surface area (Å²) >= 11 is 2.49. The minimum Gasteiger partial charge on any atom is -0.396 e. The quantitative estimate of drug-likeness (QED) is 0.425. The first-order valence-corrected chi connectivity index (χ1v) is 12.7. The topological polar surface area (TPSA) is 119 Å². The number of aliphatic hydroxyl groups is 1. The summed E-state index contributed by atoms with van der Waals surface area (Å²) < 4.78 is 25.9. The minimum absolute atomic E-state index is 0.0494. The van der Waals surface area contributed by atoms with Crippen molar-refractivity contribution in [2.45, 2.75) is 30.6 Å². The summed E-state index contributed by atoms with van der Waals surface area (Å²) in [6.07, 6.45) is 3.02. The summed E-state index contributed by atoms with van der Waals surface area (Å²) in [5.41, 5.74) is 8.64. The normalized spacial score (nSPS) is 11.9. The lowest BCUT2D eigenvalue weighted by atomic mass is 10.1. The van der Waals surface area contributed by atoms with E-state index < -0.39 is 9.84 Å². The molecule has 0 bridgehead atoms. The molecular formula is C20H20N4O3S3. The molecule has 0 saturated heterocycles. The minimum atomic E-state index is -3.51. The molecular weight excluding hydrogens is 440 g/mol. The van der Waals surface area contributed by atoms with E-state index in [4.69, 9.17) is 10.7 Å². The number of hydrogen-bond donors (Lipinski definition) is 2. The summed E-state index contributed by atoms with van der Waals surface area (Å²) in [6.45, 7) is 1.88. The van der Waals surface area contributed by atoms with Crippen LogP contribution in [0.15, 0.2) is 40.1 Å². The van der Waals surface area contributed by atoms with Crippen molar-refractivity contribution < 1.29 is 13.5 Å². The first-order valence-electron chi connectivity index (χ1n) is 9.37. The first-order chi connectivity index (χ1) is 14.4. The molecule has 0 aliphatic carbocycles. The molecule has 0 spiro atoms. The summed E-state index contributed by atoms with van der Waals surface area (Å²) in [5.74, 6) is 0.478. The number of anilines is 1. The van der Waals surface area contributed by atoms with E-state index in [9.17, 15) is 13.5 Å². The number of benzene rings is 1. The van der Waals surface area contributed by atoms with Crippen LogP contribution in [0.2, 0.25) is 0 Å². The Morgan fingerprint density at radius 3 is 2.57 bits per heavy atom. The van der Waals surface area contributed by atoms with Crippen LogP contribution in [-0.2, 0) is 16.4 Å². The second-order valence-corrected chi connectivity index (χ2v) is 10.9. The van der Waals surface area contributed by atoms with Gasteiger partial charge in [0.1, 0.15) is 9.04 Å². The van der Waals surface area contributed by atoms with Gasteiger partial charge < -0.3 is 10.8 Å². The maximum Gasteiger partial charge on any atom is 0.190 e. The summed E-state index contributed by atoms with van der Waals surface area (Å²) in [6, 6.07) is 7.27. The molecule has 0 radical (unpaired) electrons. The molecule has 4 aromatic rings. The van der Waals surface area contributed by atoms with Crippen LogP contribution in [0, 0.1) is 0 Å². The van der Waals surface area contributed by atoms with Crippen LogP contribution in [0.5, 0.6) is 0 Å². The molecule has 0 aliphatic rings. The van der Waals surface area contributed by atoms with Crippen molar-refractivity contribution in [2.75, 3.05) is 11.5 Å². The number of rotatable bonds is 7. The molecule has 0 amide bonds. The number of thiazole rings is 1. The maximum atomic E-state index is 12.9. The van der Waals surface area contributed by atoms with E-state index in [-0.39, 0.29) is 22.3 Å². The van der Waals surface area contributed by atoms with Gasteiger partial charge in [-0.05, 0) is 12.0 Å². The van der Waals surface area contributed by atoms with Crippen molar-refractivity contribution in [3.63, 3.8) is 0 Å². The summed E-state index contributed by atoms with van der Waals surface area (Å²) in [4.78, 5) is 14.1. The number of aliphatic hydroxyl groups excluding tert-OH is 1. The van der Waals surface area contributed by atoms with Gasteiger partial charge in [-0.1, -0.05) is 37.6 Å². The van der Waals surface area contributed by atoms with Crippen LogP contribution in [-0.4, -0.2) is 34.2 Å². The number of fused-ring (bicyclic) bond motifs is 1. The monoisotopic (exact) mass is 460 g/mol. The van der Waals surface area contributed by atoms with Crippen molar-refractivity contribution >= 4 is 48.4 Å². The van der Waals surface area contributed by atoms with Crippen LogP contribution in [0.1, 0.15) is 25.3 Å². The van der Waals surface area contributed by atoms with Gasteiger partial charge in [0.05, 0.1) is 29.1 Å². The number of aromatic nitrogens is 3. The first kappa shape index (κ1) is 20.9. The Morgan fingerprint density at radius 1 is 1.17 bits per heavy atom. The van der Waals surface area contributed by atoms with Gasteiger partial charge in [-0.3, -0.25) is 0 Å². The van der Waals surface area contributed by atoms with Crippen molar-refractivity contribution in [3.8, 4) is 22.1 Å². The van der Waals surface area contributed by atoms with Gasteiger partial charge in [0, 0.05) is 17.1 Å². The Kier molecular flexibility index (Phi) is 5.83. The number of thiophene rings is 1. The Bertz CT molecular complexity index is 1280. The van der Waals surface area contributed by atoms with Crippen molar-refractivity contribution in [1.82, 2.24) is 15.0 Å². The molecule has 10 heteroatoms. The standard InChI is InChI=1S/C20H20N4O3S3/c1-2-3-10-30(26,27)20-15(21)14-16(13-6-4-12(11-25)5-7-13)23-17(24-18(14)29-20)19-22-8-9-28-19/h4-9,25H,2-3,10-11,21H2,1H3. The highest BCUT2D eigenvalue weighted by Gasteiger charge is 2.26. The molecule has 30 heavy (non-hydrogen) atoms. The molecule has 0 unspecified atom stereocenters. The molecule has 0 atom stereocenters. The van der Waals surface area contributed by atoms with Gasteiger partial charge in [0.2, 0.25) is 0 Å². The lowest BCUT2D eigenvalue weighted by molar-refractivity contribution is 0.282. The Labute approximate surface area is 182 Å². The number of unbranched alkanes of at least 4 members (excludes halogenated alkanes) is 1. The van der Waals surface area contributed by atoms with E-state index in [1.165, 1.54) is 11.3 Å². The number of sulfone groups is 1. The second-order valence-electron chi connectivity index (χ2n) is 6.74. The van der Waals surface area contributed by atoms with E-state index in [2.05, 4.69) is 9.97 Å². The van der Waals surface area contributed by atoms with Gasteiger partial charge in [0.15, 0.2) is 20.7 Å². The zero-order chi connectivity index (χ0) is 21.3. The average Bonchev–Trinajstić information content (AvgIpc) is 3.40. The zero-order valence-electron chi connectivity index (χ0n) is 16.2. The maximum absolute atomic E-state index is 12.9. The molecule has 156 valence electrons. The van der Waals surface area contributed by atoms with Crippen LogP contribution in [0.4, 0.5) is 5.69 Å². The van der Waals surface area contributed by atoms with Crippen LogP contribution < -0.4 is 5.73 Å². The number of nitrogens with zero attached hydrogens (tertiary/aromatic N) is 3. The summed E-state index contributed by atoms with van der Waals surface area (Å²) in [5, 5.41) is 12.3. The van der Waals surface area contributed by atoms with Gasteiger partial charge >= 0.3 is 0 Å². The van der Waals surface area contributed by atoms with Crippen molar-refractivity contribution in [2.24, 2.45) is 0 Å². The molecule has 7 nitrogen and oxygen atoms in total. The molecule has 3 heterocycles. The van der Waals surface area contributed by atoms with Gasteiger partial charge in [-0.15, -0.1) is 22.7 Å². The largest absolute Gasteiger partial charge is 0.396 e. The predicted octanol–water partition coefficient (Wildman–Crippen LogP) is 4.13. The third kappa shape index (κ3) is 3.83. The Balaban J connectivity index is 1.97. The van der Waals surface area contributed by atoms with E-state index in [1.807, 2.05) is 24.4 Å². The van der Waals surface area contributed by atoms with Crippen LogP contribution in [0.3, 0.4) is 0 Å². The van der Waals surface area contributed by atoms with Gasteiger partial charge in [0.25, 0.3) is 0 Å². The van der Waals surface area contributed by atoms with Crippen molar-refractivity contribution in [1.29, 1.82) is 0 Å². The van der Waals surface area contributed by atoms with Gasteiger partial charge in [-0.25, -0.2) is 23.4 Å². The molecule has 1 aromatic carbocycles. The molecule has 0 fully saturated rings. The van der Waals surface area contributed by atoms with E-state index in [1.54, 1.807) is 18.3 Å². The fourth-order valence-corrected chi connectivity index (χ4v) is 6.75. The Morgan fingerprint density at radius 2 is 1.93 bits per heavy atom. The molecule has 4 rings (SSSR count). The lowest BCUT2D eigenvalue weighted by Gasteiger charge is -2.07. The highest BCUT2D eigenvalue weighted by atomic mass is 32.2. The van der Waals surface area contributed by atoms with Crippen molar-refractivity contribution in [3.05, 3.63) is 41.4 Å². The predicted molar refractivity (Wildman–Crippen MR) is 121 cm³/mol. The fraction of sp³-hybridized carbons (Fsp3) is 0.250. The van der Waals surface area contributed by atoms with E-state index in [0.717, 1.165) is 28.9 Å². The number of nitrogens with two attached hydrogens (primary N) is 1. The highest BCUT2D eigenvalue weighted by molar-refractivity contribution is 7.93. The average molecular weight is 461 g/mol. The van der Waals surface area contributed by atoms with E-state index >= 15 is 0 Å². The number of nitrogen functional groups attached to an aromatic ring is 1.